The van der Waals surface area contributed by atoms with Crippen LogP contribution in [-0.2, 0) is 0 Å². The number of hydrogen-bond acceptors (Lipinski definition) is 4. The number of primary amides is 1. The summed E-state index contributed by atoms with van der Waals surface area (Å²) in [6.45, 7) is 5.37. The summed E-state index contributed by atoms with van der Waals surface area (Å²) in [5.74, 6) is -0.423. The second-order valence-electron chi connectivity index (χ2n) is 5.66. The van der Waals surface area contributed by atoms with Gasteiger partial charge in [-0.1, -0.05) is 12.1 Å². The van der Waals surface area contributed by atoms with Crippen molar-refractivity contribution in [3.63, 3.8) is 0 Å². The monoisotopic (exact) mass is 339 g/mol. The lowest BCUT2D eigenvalue weighted by Crippen LogP contribution is -2.10. The van der Waals surface area contributed by atoms with Crippen LogP contribution in [0.25, 0.3) is 22.0 Å². The second-order valence-corrected chi connectivity index (χ2v) is 6.52. The van der Waals surface area contributed by atoms with Crippen LogP contribution in [-0.4, -0.2) is 21.7 Å². The number of Topliss-reactive ketones (excluding diaryl/α,β-unsaturated/α-hetero) is 1. The summed E-state index contributed by atoms with van der Waals surface area (Å²) in [6.07, 6.45) is 0. The van der Waals surface area contributed by atoms with E-state index in [-0.39, 0.29) is 5.78 Å². The number of H-pyrrole nitrogens is 1. The third kappa shape index (κ3) is 2.76. The lowest BCUT2D eigenvalue weighted by atomic mass is 10.1. The molecule has 0 saturated carbocycles. The number of rotatable bonds is 4. The van der Waals surface area contributed by atoms with Crippen LogP contribution in [0.1, 0.15) is 38.9 Å². The van der Waals surface area contributed by atoms with Gasteiger partial charge in [-0.15, -0.1) is 11.3 Å². The fraction of sp³-hybridized carbons (Fsp3) is 0.167. The Hall–Kier alpha value is -2.73. The molecule has 0 aliphatic heterocycles. The van der Waals surface area contributed by atoms with E-state index >= 15 is 0 Å². The Labute approximate surface area is 143 Å². The quantitative estimate of drug-likeness (QED) is 0.710. The molecule has 0 unspecified atom stereocenters. The first-order valence-corrected chi connectivity index (χ1v) is 8.32. The minimum atomic E-state index is -0.462. The molecule has 0 spiro atoms. The molecule has 2 heterocycles. The van der Waals surface area contributed by atoms with Crippen molar-refractivity contribution < 1.29 is 9.59 Å². The molecule has 0 atom stereocenters. The molecular weight excluding hydrogens is 322 g/mol. The third-order valence-corrected chi connectivity index (χ3v) is 4.84. The van der Waals surface area contributed by atoms with Crippen LogP contribution in [0.2, 0.25) is 0 Å². The molecular formula is C18H17N3O2S. The number of carbonyl (C=O) groups is 2. The predicted octanol–water partition coefficient (Wildman–Crippen LogP) is 3.72. The van der Waals surface area contributed by atoms with E-state index in [9.17, 15) is 9.59 Å². The highest BCUT2D eigenvalue weighted by Gasteiger charge is 2.18. The van der Waals surface area contributed by atoms with Crippen LogP contribution in [0.4, 0.5) is 0 Å². The fourth-order valence-electron chi connectivity index (χ4n) is 2.86. The molecule has 122 valence electrons. The van der Waals surface area contributed by atoms with Gasteiger partial charge < -0.3 is 10.7 Å². The highest BCUT2D eigenvalue weighted by molar-refractivity contribution is 7.13. The van der Waals surface area contributed by atoms with E-state index in [0.717, 1.165) is 38.8 Å². The summed E-state index contributed by atoms with van der Waals surface area (Å²) in [6, 6.07) is 7.09. The number of aromatic nitrogens is 2. The van der Waals surface area contributed by atoms with Crippen molar-refractivity contribution in [1.29, 1.82) is 0 Å². The topological polar surface area (TPSA) is 88.8 Å². The molecule has 3 rings (SSSR count). The van der Waals surface area contributed by atoms with Crippen LogP contribution in [0.3, 0.4) is 0 Å². The van der Waals surface area contributed by atoms with Gasteiger partial charge in [-0.05, 0) is 38.5 Å². The first kappa shape index (κ1) is 16.1. The number of nitrogens with two attached hydrogens (primary N) is 1. The van der Waals surface area contributed by atoms with Gasteiger partial charge in [0.05, 0.1) is 11.4 Å². The first-order valence-electron chi connectivity index (χ1n) is 7.44. The molecule has 0 radical (unpaired) electrons. The van der Waals surface area contributed by atoms with Gasteiger partial charge in [-0.2, -0.15) is 0 Å². The molecule has 0 fully saturated rings. The Morgan fingerprint density at radius 3 is 2.62 bits per heavy atom. The molecule has 0 aliphatic carbocycles. The Balaban J connectivity index is 2.03. The number of thiazole rings is 1. The number of aromatic amines is 1. The lowest BCUT2D eigenvalue weighted by Gasteiger charge is -1.99. The average molecular weight is 339 g/mol. The predicted molar refractivity (Wildman–Crippen MR) is 95.3 cm³/mol. The van der Waals surface area contributed by atoms with E-state index in [1.54, 1.807) is 25.1 Å². The molecule has 0 aliphatic rings. The van der Waals surface area contributed by atoms with E-state index in [2.05, 4.69) is 9.97 Å². The Kier molecular flexibility index (Phi) is 4.07. The minimum absolute atomic E-state index is 0.0390. The summed E-state index contributed by atoms with van der Waals surface area (Å²) >= 11 is 1.48. The van der Waals surface area contributed by atoms with Crippen LogP contribution in [0, 0.1) is 13.8 Å². The van der Waals surface area contributed by atoms with Gasteiger partial charge in [0.2, 0.25) is 5.91 Å². The zero-order chi connectivity index (χ0) is 17.4. The number of hydrogen-bond donors (Lipinski definition) is 2. The van der Waals surface area contributed by atoms with E-state index < -0.39 is 5.91 Å². The van der Waals surface area contributed by atoms with E-state index in [1.807, 2.05) is 25.3 Å². The zero-order valence-electron chi connectivity index (χ0n) is 13.6. The van der Waals surface area contributed by atoms with Gasteiger partial charge in [-0.3, -0.25) is 9.59 Å². The molecule has 24 heavy (non-hydrogen) atoms. The highest BCUT2D eigenvalue weighted by atomic mass is 32.1. The number of nitrogens with one attached hydrogen (secondary N) is 1. The van der Waals surface area contributed by atoms with Gasteiger partial charge >= 0.3 is 0 Å². The average Bonchev–Trinajstić information content (AvgIpc) is 3.12. The Morgan fingerprint density at radius 1 is 1.25 bits per heavy atom. The summed E-state index contributed by atoms with van der Waals surface area (Å²) in [5, 5.41) is 2.73. The van der Waals surface area contributed by atoms with E-state index in [0.29, 0.717) is 5.56 Å². The summed E-state index contributed by atoms with van der Waals surface area (Å²) in [7, 11) is 0. The molecule has 1 aromatic carbocycles. The molecule has 2 aromatic heterocycles. The first-order chi connectivity index (χ1) is 11.4. The molecule has 0 saturated heterocycles. The second kappa shape index (κ2) is 6.05. The van der Waals surface area contributed by atoms with Gasteiger partial charge in [0, 0.05) is 27.8 Å². The molecule has 3 aromatic rings. The smallest absolute Gasteiger partial charge is 0.248 e. The molecule has 0 bridgehead atoms. The van der Waals surface area contributed by atoms with Crippen LogP contribution >= 0.6 is 11.3 Å². The van der Waals surface area contributed by atoms with Crippen molar-refractivity contribution in [2.75, 3.05) is 0 Å². The maximum Gasteiger partial charge on any atom is 0.248 e. The number of aryl methyl sites for hydroxylation is 1. The standard InChI is InChI=1S/C18H17N3O2S/c1-9-15(11(3)22)10(2)20-16(9)14-8-24-18(21-14)13-6-4-5-12(7-13)17(19)23/h4-8,20H,1-3H3,(H2,19,23). The van der Waals surface area contributed by atoms with Crippen molar-refractivity contribution in [3.05, 3.63) is 52.0 Å². The SMILES string of the molecule is CC(=O)c1c(C)[nH]c(-c2csc(-c3cccc(C(N)=O)c3)n2)c1C. The molecule has 5 nitrogen and oxygen atoms in total. The maximum absolute atomic E-state index is 11.8. The van der Waals surface area contributed by atoms with Crippen molar-refractivity contribution in [2.45, 2.75) is 20.8 Å². The van der Waals surface area contributed by atoms with Crippen molar-refractivity contribution >= 4 is 23.0 Å². The number of ketones is 1. The number of amides is 1. The van der Waals surface area contributed by atoms with E-state index in [1.165, 1.54) is 11.3 Å². The highest BCUT2D eigenvalue weighted by Crippen LogP contribution is 2.32. The number of nitrogens with zero attached hydrogens (tertiary/aromatic N) is 1. The number of carbonyl (C=O) groups excluding carboxylic acids is 2. The van der Waals surface area contributed by atoms with Crippen molar-refractivity contribution in [2.24, 2.45) is 5.73 Å². The minimum Gasteiger partial charge on any atom is -0.366 e. The van der Waals surface area contributed by atoms with Gasteiger partial charge in [0.15, 0.2) is 5.78 Å². The molecule has 1 amide bonds. The van der Waals surface area contributed by atoms with Crippen molar-refractivity contribution in [3.8, 4) is 22.0 Å². The van der Waals surface area contributed by atoms with Crippen molar-refractivity contribution in [1.82, 2.24) is 9.97 Å². The van der Waals surface area contributed by atoms with Gasteiger partial charge in [-0.25, -0.2) is 4.98 Å². The Bertz CT molecular complexity index is 953. The number of benzene rings is 1. The van der Waals surface area contributed by atoms with Crippen LogP contribution < -0.4 is 5.73 Å². The Morgan fingerprint density at radius 2 is 2.00 bits per heavy atom. The lowest BCUT2D eigenvalue weighted by molar-refractivity contribution is 0.0996. The third-order valence-electron chi connectivity index (χ3n) is 3.94. The molecule has 3 N–H and O–H groups in total. The summed E-state index contributed by atoms with van der Waals surface area (Å²) in [5.41, 5.74) is 10.7. The van der Waals surface area contributed by atoms with Gasteiger partial charge in [0.1, 0.15) is 5.01 Å². The maximum atomic E-state index is 11.8. The summed E-state index contributed by atoms with van der Waals surface area (Å²) in [4.78, 5) is 31.0. The van der Waals surface area contributed by atoms with Gasteiger partial charge in [0.25, 0.3) is 0 Å². The van der Waals surface area contributed by atoms with Crippen LogP contribution in [0.5, 0.6) is 0 Å². The van der Waals surface area contributed by atoms with E-state index in [4.69, 9.17) is 5.73 Å². The normalized spacial score (nSPS) is 10.8. The largest absolute Gasteiger partial charge is 0.366 e. The zero-order valence-corrected chi connectivity index (χ0v) is 14.5. The fourth-order valence-corrected chi connectivity index (χ4v) is 3.67. The van der Waals surface area contributed by atoms with Crippen LogP contribution in [0.15, 0.2) is 29.6 Å². The molecule has 6 heteroatoms. The summed E-state index contributed by atoms with van der Waals surface area (Å²) < 4.78 is 0.